The first-order chi connectivity index (χ1) is 7.81. The molecule has 3 N–H and O–H groups in total. The summed E-state index contributed by atoms with van der Waals surface area (Å²) < 4.78 is 0. The highest BCUT2D eigenvalue weighted by molar-refractivity contribution is 5.81. The van der Waals surface area contributed by atoms with Gasteiger partial charge in [-0.1, -0.05) is 11.6 Å². The average Bonchev–Trinajstić information content (AvgIpc) is 2.77. The number of fused-ring (bicyclic) bond motifs is 1. The monoisotopic (exact) mass is 221 g/mol. The molecular formula is C10H13N5O. The Hall–Kier alpha value is -1.95. The van der Waals surface area contributed by atoms with Gasteiger partial charge in [0.05, 0.1) is 12.9 Å². The molecule has 0 fully saturated rings. The van der Waals surface area contributed by atoms with E-state index in [-0.39, 0.29) is 6.61 Å². The van der Waals surface area contributed by atoms with Crippen molar-refractivity contribution in [3.05, 3.63) is 24.3 Å². The van der Waals surface area contributed by atoms with Crippen LogP contribution in [0, 0.1) is 0 Å². The Morgan fingerprint density at radius 2 is 2.38 bits per heavy atom. The zero-order chi connectivity index (χ0) is 11.4. The van der Waals surface area contributed by atoms with E-state index in [0.717, 1.165) is 11.1 Å². The SMILES string of the molecule is C/C(=C\CNc1ncnc2nc[nH]c12)C[18OH]. The summed E-state index contributed by atoms with van der Waals surface area (Å²) in [6.45, 7) is 2.55. The number of aromatic amines is 1. The van der Waals surface area contributed by atoms with Crippen LogP contribution in [0.4, 0.5) is 5.82 Å². The molecule has 2 rings (SSSR count). The summed E-state index contributed by atoms with van der Waals surface area (Å²) >= 11 is 0. The van der Waals surface area contributed by atoms with E-state index in [2.05, 4.69) is 25.3 Å². The molecule has 0 aliphatic heterocycles. The molecule has 0 spiro atoms. The van der Waals surface area contributed by atoms with Crippen LogP contribution in [0.2, 0.25) is 0 Å². The number of aliphatic hydroxyl groups is 1. The molecule has 0 saturated heterocycles. The Morgan fingerprint density at radius 1 is 1.50 bits per heavy atom. The Kier molecular flexibility index (Phi) is 3.11. The smallest absolute Gasteiger partial charge is 0.182 e. The summed E-state index contributed by atoms with van der Waals surface area (Å²) in [5.41, 5.74) is 2.35. The van der Waals surface area contributed by atoms with Gasteiger partial charge in [0.2, 0.25) is 0 Å². The number of H-pyrrole nitrogens is 1. The molecule has 0 saturated carbocycles. The molecular weight excluding hydrogens is 208 g/mol. The van der Waals surface area contributed by atoms with E-state index in [1.807, 2.05) is 13.0 Å². The summed E-state index contributed by atoms with van der Waals surface area (Å²) in [6.07, 6.45) is 4.96. The Balaban J connectivity index is 2.12. The van der Waals surface area contributed by atoms with Crippen molar-refractivity contribution >= 4 is 17.0 Å². The van der Waals surface area contributed by atoms with Crippen molar-refractivity contribution in [1.82, 2.24) is 19.9 Å². The molecule has 6 nitrogen and oxygen atoms in total. The van der Waals surface area contributed by atoms with Crippen LogP contribution in [0.15, 0.2) is 24.3 Å². The van der Waals surface area contributed by atoms with Gasteiger partial charge in [0.25, 0.3) is 0 Å². The molecule has 2 aromatic rings. The summed E-state index contributed by atoms with van der Waals surface area (Å²) in [6, 6.07) is 0. The third-order valence-corrected chi connectivity index (χ3v) is 2.19. The first kappa shape index (κ1) is 10.6. The van der Waals surface area contributed by atoms with Crippen molar-refractivity contribution < 1.29 is 5.11 Å². The Bertz CT molecular complexity index is 505. The maximum atomic E-state index is 8.83. The molecule has 84 valence electrons. The van der Waals surface area contributed by atoms with Gasteiger partial charge in [-0.3, -0.25) is 0 Å². The number of aromatic nitrogens is 4. The van der Waals surface area contributed by atoms with Gasteiger partial charge in [0.15, 0.2) is 11.5 Å². The van der Waals surface area contributed by atoms with Crippen molar-refractivity contribution in [3.63, 3.8) is 0 Å². The van der Waals surface area contributed by atoms with Crippen LogP contribution >= 0.6 is 0 Å². The van der Waals surface area contributed by atoms with E-state index in [0.29, 0.717) is 18.0 Å². The maximum Gasteiger partial charge on any atom is 0.182 e. The predicted octanol–water partition coefficient (Wildman–Crippen LogP) is 0.703. The fraction of sp³-hybridized carbons (Fsp3) is 0.300. The highest BCUT2D eigenvalue weighted by Crippen LogP contribution is 2.13. The molecule has 0 bridgehead atoms. The molecule has 0 unspecified atom stereocenters. The second-order valence-corrected chi connectivity index (χ2v) is 3.41. The van der Waals surface area contributed by atoms with Gasteiger partial charge in [-0.2, -0.15) is 0 Å². The number of anilines is 1. The van der Waals surface area contributed by atoms with Gasteiger partial charge in [0, 0.05) is 6.54 Å². The molecule has 16 heavy (non-hydrogen) atoms. The molecule has 6 heteroatoms. The second kappa shape index (κ2) is 4.71. The van der Waals surface area contributed by atoms with Gasteiger partial charge in [0.1, 0.15) is 11.8 Å². The summed E-state index contributed by atoms with van der Waals surface area (Å²) in [5.74, 6) is 0.712. The van der Waals surface area contributed by atoms with Gasteiger partial charge < -0.3 is 15.4 Å². The van der Waals surface area contributed by atoms with Gasteiger partial charge in [-0.05, 0) is 6.92 Å². The van der Waals surface area contributed by atoms with Crippen molar-refractivity contribution in [2.45, 2.75) is 6.92 Å². The predicted molar refractivity (Wildman–Crippen MR) is 61.0 cm³/mol. The molecule has 0 aromatic carbocycles. The van der Waals surface area contributed by atoms with E-state index < -0.39 is 0 Å². The van der Waals surface area contributed by atoms with Crippen molar-refractivity contribution in [2.24, 2.45) is 0 Å². The fourth-order valence-corrected chi connectivity index (χ4v) is 1.29. The third kappa shape index (κ3) is 2.17. The van der Waals surface area contributed by atoms with Crippen LogP contribution in [-0.4, -0.2) is 38.2 Å². The molecule has 2 heterocycles. The van der Waals surface area contributed by atoms with E-state index in [1.165, 1.54) is 6.33 Å². The zero-order valence-electron chi connectivity index (χ0n) is 8.94. The number of aliphatic hydroxyl groups excluding tert-OH is 1. The van der Waals surface area contributed by atoms with Crippen LogP contribution in [0.5, 0.6) is 0 Å². The Morgan fingerprint density at radius 3 is 3.19 bits per heavy atom. The third-order valence-electron chi connectivity index (χ3n) is 2.19. The number of nitrogens with zero attached hydrogens (tertiary/aromatic N) is 3. The number of imidazole rings is 1. The average molecular weight is 221 g/mol. The lowest BCUT2D eigenvalue weighted by Gasteiger charge is -2.03. The van der Waals surface area contributed by atoms with E-state index in [1.54, 1.807) is 6.33 Å². The quantitative estimate of drug-likeness (QED) is 0.522. The van der Waals surface area contributed by atoms with Crippen molar-refractivity contribution in [2.75, 3.05) is 18.5 Å². The van der Waals surface area contributed by atoms with Gasteiger partial charge in [-0.15, -0.1) is 0 Å². The lowest BCUT2D eigenvalue weighted by Crippen LogP contribution is -2.03. The van der Waals surface area contributed by atoms with Gasteiger partial charge in [-0.25, -0.2) is 15.0 Å². The number of nitrogens with one attached hydrogen (secondary N) is 2. The van der Waals surface area contributed by atoms with Crippen LogP contribution in [0.3, 0.4) is 0 Å². The lowest BCUT2D eigenvalue weighted by atomic mass is 10.3. The van der Waals surface area contributed by atoms with Crippen LogP contribution in [0.25, 0.3) is 11.2 Å². The van der Waals surface area contributed by atoms with Crippen LogP contribution < -0.4 is 5.32 Å². The molecule has 2 aromatic heterocycles. The minimum atomic E-state index is 0.0743. The molecule has 0 radical (unpaired) electrons. The van der Waals surface area contributed by atoms with Gasteiger partial charge >= 0.3 is 0 Å². The van der Waals surface area contributed by atoms with Crippen molar-refractivity contribution in [3.8, 4) is 0 Å². The van der Waals surface area contributed by atoms with Crippen LogP contribution in [-0.2, 0) is 0 Å². The molecule has 0 atom stereocenters. The van der Waals surface area contributed by atoms with E-state index in [4.69, 9.17) is 5.11 Å². The normalized spacial score (nSPS) is 12.0. The molecule has 0 amide bonds. The topological polar surface area (TPSA) is 86.7 Å². The summed E-state index contributed by atoms with van der Waals surface area (Å²) in [7, 11) is 0. The lowest BCUT2D eigenvalue weighted by molar-refractivity contribution is 0.331. The largest absolute Gasteiger partial charge is 0.392 e. The minimum Gasteiger partial charge on any atom is -0.392 e. The summed E-state index contributed by atoms with van der Waals surface area (Å²) in [5, 5.41) is 12.0. The number of rotatable bonds is 4. The highest BCUT2D eigenvalue weighted by atomic mass is 18.2. The minimum absolute atomic E-state index is 0.0743. The first-order valence-electron chi connectivity index (χ1n) is 4.95. The Labute approximate surface area is 92.5 Å². The highest BCUT2D eigenvalue weighted by Gasteiger charge is 2.03. The fourth-order valence-electron chi connectivity index (χ4n) is 1.29. The maximum absolute atomic E-state index is 8.83. The second-order valence-electron chi connectivity index (χ2n) is 3.41. The van der Waals surface area contributed by atoms with Crippen molar-refractivity contribution in [1.29, 1.82) is 0 Å². The van der Waals surface area contributed by atoms with E-state index in [9.17, 15) is 0 Å². The standard InChI is InChI=1S/C10H13N5O/c1-7(4-16)2-3-11-9-8-10(13-5-12-8)15-6-14-9/h2,5-6,16H,3-4H2,1H3,(H2,11,12,13,14,15)/b7-2+/i16+2. The summed E-state index contributed by atoms with van der Waals surface area (Å²) in [4.78, 5) is 15.1. The number of hydrogen-bond donors (Lipinski definition) is 3. The first-order valence-corrected chi connectivity index (χ1v) is 4.95. The molecule has 0 aliphatic carbocycles. The van der Waals surface area contributed by atoms with Crippen LogP contribution in [0.1, 0.15) is 6.92 Å². The van der Waals surface area contributed by atoms with E-state index >= 15 is 0 Å². The number of hydrogen-bond acceptors (Lipinski definition) is 5. The molecule has 0 aliphatic rings. The zero-order valence-corrected chi connectivity index (χ0v) is 8.94.